The van der Waals surface area contributed by atoms with Gasteiger partial charge >= 0.3 is 5.69 Å². The van der Waals surface area contributed by atoms with Crippen molar-refractivity contribution < 1.29 is 9.18 Å². The van der Waals surface area contributed by atoms with E-state index in [1.54, 1.807) is 12.1 Å². The van der Waals surface area contributed by atoms with Gasteiger partial charge in [-0.05, 0) is 37.1 Å². The summed E-state index contributed by atoms with van der Waals surface area (Å²) >= 11 is 0. The van der Waals surface area contributed by atoms with Crippen LogP contribution >= 0.6 is 0 Å². The average molecular weight is 382 g/mol. The van der Waals surface area contributed by atoms with E-state index in [-0.39, 0.29) is 17.3 Å². The topological polar surface area (TPSA) is 70.1 Å². The number of H-pyrrole nitrogens is 1. The fraction of sp³-hybridized carbons (Fsp3) is 0.333. The minimum Gasteiger partial charge on any atom is -0.351 e. The first-order valence-corrected chi connectivity index (χ1v) is 9.58. The highest BCUT2D eigenvalue weighted by molar-refractivity contribution is 5.94. The van der Waals surface area contributed by atoms with Crippen LogP contribution in [0.25, 0.3) is 11.0 Å². The van der Waals surface area contributed by atoms with E-state index in [2.05, 4.69) is 15.2 Å². The number of nitrogens with zero attached hydrogens (tertiary/aromatic N) is 2. The lowest BCUT2D eigenvalue weighted by Gasteiger charge is -2.32. The number of amides is 1. The first-order valence-electron chi connectivity index (χ1n) is 9.58. The molecule has 6 nitrogen and oxygen atoms in total. The van der Waals surface area contributed by atoms with Crippen LogP contribution in [0.15, 0.2) is 53.3 Å². The largest absolute Gasteiger partial charge is 0.351 e. The number of carbonyl (C=O) groups excluding carboxylic acids is 1. The van der Waals surface area contributed by atoms with Crippen LogP contribution in [0, 0.1) is 5.82 Å². The van der Waals surface area contributed by atoms with Crippen LogP contribution < -0.4 is 11.0 Å². The highest BCUT2D eigenvalue weighted by atomic mass is 19.1. The van der Waals surface area contributed by atoms with Gasteiger partial charge in [-0.15, -0.1) is 0 Å². The van der Waals surface area contributed by atoms with E-state index < -0.39 is 11.7 Å². The van der Waals surface area contributed by atoms with E-state index in [0.717, 1.165) is 37.0 Å². The summed E-state index contributed by atoms with van der Waals surface area (Å²) in [4.78, 5) is 29.6. The number of aromatic amines is 1. The molecule has 2 heterocycles. The monoisotopic (exact) mass is 382 g/mol. The van der Waals surface area contributed by atoms with Crippen LogP contribution in [-0.4, -0.2) is 46.5 Å². The summed E-state index contributed by atoms with van der Waals surface area (Å²) in [7, 11) is 0. The van der Waals surface area contributed by atoms with Crippen molar-refractivity contribution in [1.29, 1.82) is 0 Å². The predicted octanol–water partition coefficient (Wildman–Crippen LogP) is 2.54. The van der Waals surface area contributed by atoms with Crippen molar-refractivity contribution >= 4 is 16.9 Å². The first-order chi connectivity index (χ1) is 13.6. The molecular weight excluding hydrogens is 359 g/mol. The van der Waals surface area contributed by atoms with E-state index in [1.165, 1.54) is 12.1 Å². The summed E-state index contributed by atoms with van der Waals surface area (Å²) in [5.41, 5.74) is 1.82. The van der Waals surface area contributed by atoms with E-state index in [4.69, 9.17) is 0 Å². The zero-order chi connectivity index (χ0) is 19.5. The summed E-state index contributed by atoms with van der Waals surface area (Å²) in [5, 5.41) is 2.78. The maximum atomic E-state index is 13.6. The molecule has 4 rings (SSSR count). The molecule has 1 aromatic heterocycles. The molecule has 28 heavy (non-hydrogen) atoms. The molecule has 1 aliphatic rings. The van der Waals surface area contributed by atoms with Gasteiger partial charge < -0.3 is 15.2 Å². The van der Waals surface area contributed by atoms with Crippen LogP contribution in [0.1, 0.15) is 29.2 Å². The smallest absolute Gasteiger partial charge is 0.326 e. The fourth-order valence-electron chi connectivity index (χ4n) is 3.91. The number of nitrogens with one attached hydrogen (secondary N) is 2. The molecule has 0 bridgehead atoms. The van der Waals surface area contributed by atoms with Crippen LogP contribution in [0.2, 0.25) is 0 Å². The quantitative estimate of drug-likeness (QED) is 0.712. The second-order valence-corrected chi connectivity index (χ2v) is 7.13. The summed E-state index contributed by atoms with van der Waals surface area (Å²) in [6.07, 6.45) is 1.76. The van der Waals surface area contributed by atoms with Gasteiger partial charge in [-0.25, -0.2) is 9.18 Å². The Hall–Kier alpha value is -2.93. The number of hydrogen-bond acceptors (Lipinski definition) is 3. The van der Waals surface area contributed by atoms with Crippen molar-refractivity contribution in [3.8, 4) is 0 Å². The minimum atomic E-state index is -0.509. The molecule has 0 saturated carbocycles. The van der Waals surface area contributed by atoms with E-state index in [1.807, 2.05) is 28.8 Å². The molecule has 0 atom stereocenters. The molecule has 7 heteroatoms. The zero-order valence-corrected chi connectivity index (χ0v) is 15.5. The third-order valence-electron chi connectivity index (χ3n) is 5.38. The van der Waals surface area contributed by atoms with Crippen molar-refractivity contribution in [3.05, 3.63) is 70.4 Å². The molecule has 0 spiro atoms. The van der Waals surface area contributed by atoms with E-state index in [9.17, 15) is 14.0 Å². The first kappa shape index (κ1) is 18.4. The van der Waals surface area contributed by atoms with Crippen LogP contribution in [-0.2, 0) is 0 Å². The normalized spacial score (nSPS) is 15.8. The number of para-hydroxylation sites is 2. The Bertz CT molecular complexity index is 1030. The molecule has 1 aliphatic heterocycles. The van der Waals surface area contributed by atoms with Crippen molar-refractivity contribution in [2.75, 3.05) is 26.2 Å². The maximum absolute atomic E-state index is 13.6. The molecule has 0 radical (unpaired) electrons. The highest BCUT2D eigenvalue weighted by Gasteiger charge is 2.23. The summed E-state index contributed by atoms with van der Waals surface area (Å²) in [5.74, 6) is -0.900. The third-order valence-corrected chi connectivity index (χ3v) is 5.38. The molecule has 2 N–H and O–H groups in total. The minimum absolute atomic E-state index is 0.0585. The Morgan fingerprint density at radius 1 is 1.11 bits per heavy atom. The van der Waals surface area contributed by atoms with Gasteiger partial charge in [-0.1, -0.05) is 24.3 Å². The van der Waals surface area contributed by atoms with E-state index in [0.29, 0.717) is 13.1 Å². The molecule has 1 saturated heterocycles. The lowest BCUT2D eigenvalue weighted by Crippen LogP contribution is -2.41. The second-order valence-electron chi connectivity index (χ2n) is 7.13. The Labute approximate surface area is 162 Å². The summed E-state index contributed by atoms with van der Waals surface area (Å²) < 4.78 is 15.5. The summed E-state index contributed by atoms with van der Waals surface area (Å²) in [6, 6.07) is 13.9. The molecule has 2 aromatic carbocycles. The molecule has 1 amide bonds. The molecular formula is C21H23FN4O2. The van der Waals surface area contributed by atoms with Gasteiger partial charge in [-0.2, -0.15) is 0 Å². The van der Waals surface area contributed by atoms with Gasteiger partial charge in [0.1, 0.15) is 5.82 Å². The number of likely N-dealkylation sites (tertiary alicyclic amines) is 1. The van der Waals surface area contributed by atoms with Crippen molar-refractivity contribution in [2.45, 2.75) is 18.9 Å². The Morgan fingerprint density at radius 3 is 2.61 bits per heavy atom. The van der Waals surface area contributed by atoms with Gasteiger partial charge in [0.05, 0.1) is 16.6 Å². The number of piperidine rings is 1. The van der Waals surface area contributed by atoms with Crippen molar-refractivity contribution in [1.82, 2.24) is 19.8 Å². The van der Waals surface area contributed by atoms with E-state index >= 15 is 0 Å². The lowest BCUT2D eigenvalue weighted by molar-refractivity contribution is 0.0940. The predicted molar refractivity (Wildman–Crippen MR) is 106 cm³/mol. The molecule has 1 fully saturated rings. The molecule has 0 aliphatic carbocycles. The average Bonchev–Trinajstić information content (AvgIpc) is 3.04. The number of fused-ring (bicyclic) bond motifs is 1. The maximum Gasteiger partial charge on any atom is 0.326 e. The molecule has 0 unspecified atom stereocenters. The number of benzene rings is 2. The number of hydrogen-bond donors (Lipinski definition) is 2. The van der Waals surface area contributed by atoms with Crippen molar-refractivity contribution in [2.24, 2.45) is 0 Å². The van der Waals surface area contributed by atoms with Gasteiger partial charge in [-0.3, -0.25) is 9.36 Å². The van der Waals surface area contributed by atoms with Crippen LogP contribution in [0.4, 0.5) is 4.39 Å². The number of aromatic nitrogens is 2. The van der Waals surface area contributed by atoms with Crippen LogP contribution in [0.5, 0.6) is 0 Å². The highest BCUT2D eigenvalue weighted by Crippen LogP contribution is 2.24. The Kier molecular flexibility index (Phi) is 5.25. The Morgan fingerprint density at radius 2 is 1.82 bits per heavy atom. The number of imidazole rings is 1. The molecule has 146 valence electrons. The van der Waals surface area contributed by atoms with Gasteiger partial charge in [0.25, 0.3) is 5.91 Å². The third kappa shape index (κ3) is 3.71. The summed E-state index contributed by atoms with van der Waals surface area (Å²) in [6.45, 7) is 2.87. The number of rotatable bonds is 5. The van der Waals surface area contributed by atoms with Gasteiger partial charge in [0, 0.05) is 32.2 Å². The number of carbonyl (C=O) groups is 1. The number of halogens is 1. The Balaban J connectivity index is 1.30. The second kappa shape index (κ2) is 7.98. The standard InChI is InChI=1S/C21H23FN4O2/c22-17-6-2-1-5-16(17)20(27)23-11-14-25-12-9-15(10-13-25)26-19-8-4-3-7-18(19)24-21(26)28/h1-8,15H,9-14H2,(H,23,27)(H,24,28). The van der Waals surface area contributed by atoms with Crippen LogP contribution in [0.3, 0.4) is 0 Å². The van der Waals surface area contributed by atoms with Gasteiger partial charge in [0.2, 0.25) is 0 Å². The SMILES string of the molecule is O=C(NCCN1CCC(n2c(=O)[nH]c3ccccc32)CC1)c1ccccc1F. The lowest BCUT2D eigenvalue weighted by atomic mass is 10.0. The fourth-order valence-corrected chi connectivity index (χ4v) is 3.91. The van der Waals surface area contributed by atoms with Gasteiger partial charge in [0.15, 0.2) is 0 Å². The van der Waals surface area contributed by atoms with Crippen molar-refractivity contribution in [3.63, 3.8) is 0 Å². The zero-order valence-electron chi connectivity index (χ0n) is 15.5. The molecule has 3 aromatic rings.